The number of aryl methyl sites for hydroxylation is 1. The molecule has 1 aromatic heterocycles. The van der Waals surface area contributed by atoms with E-state index in [-0.39, 0.29) is 0 Å². The molecule has 2 unspecified atom stereocenters. The zero-order valence-electron chi connectivity index (χ0n) is 11.1. The predicted molar refractivity (Wildman–Crippen MR) is 69.5 cm³/mol. The van der Waals surface area contributed by atoms with Gasteiger partial charge in [-0.15, -0.1) is 0 Å². The van der Waals surface area contributed by atoms with Crippen molar-refractivity contribution >= 4 is 0 Å². The smallest absolute Gasteiger partial charge is 0.0419 e. The van der Waals surface area contributed by atoms with Gasteiger partial charge in [-0.05, 0) is 37.4 Å². The minimum absolute atomic E-state index is 0.509. The molecule has 2 nitrogen and oxygen atoms in total. The third kappa shape index (κ3) is 3.60. The standard InChI is InChI=1S/C14H24N2/c1-10(2)12(4)14(15-5)8-13-7-6-11(3)9-16-13/h6-7,9-10,12,14-15H,8H2,1-5H3. The second-order valence-corrected chi connectivity index (χ2v) is 5.03. The molecule has 2 heteroatoms. The van der Waals surface area contributed by atoms with Crippen LogP contribution in [0.5, 0.6) is 0 Å². The number of pyridine rings is 1. The van der Waals surface area contributed by atoms with Crippen molar-refractivity contribution in [2.45, 2.75) is 40.2 Å². The average molecular weight is 220 g/mol. The fourth-order valence-electron chi connectivity index (χ4n) is 1.86. The van der Waals surface area contributed by atoms with Crippen molar-refractivity contribution in [2.24, 2.45) is 11.8 Å². The Kier molecular flexibility index (Phi) is 4.94. The van der Waals surface area contributed by atoms with E-state index in [4.69, 9.17) is 0 Å². The summed E-state index contributed by atoms with van der Waals surface area (Å²) in [4.78, 5) is 4.47. The highest BCUT2D eigenvalue weighted by Crippen LogP contribution is 2.17. The van der Waals surface area contributed by atoms with Gasteiger partial charge in [0, 0.05) is 24.4 Å². The maximum absolute atomic E-state index is 4.47. The third-order valence-corrected chi connectivity index (χ3v) is 3.46. The first-order chi connectivity index (χ1) is 7.54. The maximum Gasteiger partial charge on any atom is 0.0419 e. The molecule has 0 fully saturated rings. The molecule has 2 atom stereocenters. The zero-order chi connectivity index (χ0) is 12.1. The molecule has 1 aromatic rings. The van der Waals surface area contributed by atoms with E-state index in [1.165, 1.54) is 11.3 Å². The highest BCUT2D eigenvalue weighted by atomic mass is 14.9. The lowest BCUT2D eigenvalue weighted by atomic mass is 9.87. The second kappa shape index (κ2) is 6.00. The number of aromatic nitrogens is 1. The van der Waals surface area contributed by atoms with Gasteiger partial charge in [0.1, 0.15) is 0 Å². The van der Waals surface area contributed by atoms with Gasteiger partial charge in [0.05, 0.1) is 0 Å². The van der Waals surface area contributed by atoms with E-state index in [0.29, 0.717) is 17.9 Å². The molecule has 0 aliphatic rings. The van der Waals surface area contributed by atoms with E-state index in [2.05, 4.69) is 50.1 Å². The summed E-state index contributed by atoms with van der Waals surface area (Å²) in [6.45, 7) is 8.93. The highest BCUT2D eigenvalue weighted by molar-refractivity contribution is 5.13. The van der Waals surface area contributed by atoms with E-state index < -0.39 is 0 Å². The summed E-state index contributed by atoms with van der Waals surface area (Å²) in [6, 6.07) is 4.78. The minimum atomic E-state index is 0.509. The molecule has 0 saturated heterocycles. The van der Waals surface area contributed by atoms with Crippen molar-refractivity contribution in [3.63, 3.8) is 0 Å². The van der Waals surface area contributed by atoms with Crippen molar-refractivity contribution in [2.75, 3.05) is 7.05 Å². The largest absolute Gasteiger partial charge is 0.316 e. The van der Waals surface area contributed by atoms with Crippen LogP contribution in [0.1, 0.15) is 32.0 Å². The molecule has 0 radical (unpaired) electrons. The fourth-order valence-corrected chi connectivity index (χ4v) is 1.86. The van der Waals surface area contributed by atoms with E-state index in [9.17, 15) is 0 Å². The Labute approximate surface area is 99.5 Å². The summed E-state index contributed by atoms with van der Waals surface area (Å²) in [6.07, 6.45) is 2.96. The Morgan fingerprint density at radius 3 is 2.38 bits per heavy atom. The lowest BCUT2D eigenvalue weighted by Gasteiger charge is -2.26. The van der Waals surface area contributed by atoms with Crippen molar-refractivity contribution in [3.8, 4) is 0 Å². The first kappa shape index (κ1) is 13.2. The van der Waals surface area contributed by atoms with E-state index >= 15 is 0 Å². The summed E-state index contributed by atoms with van der Waals surface area (Å²) in [5, 5.41) is 3.41. The van der Waals surface area contributed by atoms with E-state index in [1.54, 1.807) is 0 Å². The van der Waals surface area contributed by atoms with Crippen LogP contribution in [0, 0.1) is 18.8 Å². The first-order valence-electron chi connectivity index (χ1n) is 6.13. The molecule has 0 saturated carbocycles. The molecule has 0 aliphatic carbocycles. The number of nitrogens with one attached hydrogen (secondary N) is 1. The van der Waals surface area contributed by atoms with Crippen LogP contribution in [0.2, 0.25) is 0 Å². The molecular weight excluding hydrogens is 196 g/mol. The number of likely N-dealkylation sites (N-methyl/N-ethyl adjacent to an activating group) is 1. The number of nitrogens with zero attached hydrogens (tertiary/aromatic N) is 1. The van der Waals surface area contributed by atoms with Gasteiger partial charge < -0.3 is 5.32 Å². The first-order valence-corrected chi connectivity index (χ1v) is 6.13. The van der Waals surface area contributed by atoms with Gasteiger partial charge in [0.2, 0.25) is 0 Å². The Morgan fingerprint density at radius 2 is 1.94 bits per heavy atom. The normalized spacial score (nSPS) is 15.1. The molecule has 1 rings (SSSR count). The summed E-state index contributed by atoms with van der Waals surface area (Å²) >= 11 is 0. The lowest BCUT2D eigenvalue weighted by Crippen LogP contribution is -2.36. The molecule has 1 heterocycles. The van der Waals surface area contributed by atoms with E-state index in [0.717, 1.165) is 6.42 Å². The van der Waals surface area contributed by atoms with Gasteiger partial charge in [-0.1, -0.05) is 26.8 Å². The monoisotopic (exact) mass is 220 g/mol. The molecule has 0 spiro atoms. The minimum Gasteiger partial charge on any atom is -0.316 e. The molecule has 0 aliphatic heterocycles. The summed E-state index contributed by atoms with van der Waals surface area (Å²) in [5.41, 5.74) is 2.40. The van der Waals surface area contributed by atoms with Gasteiger partial charge in [-0.3, -0.25) is 4.98 Å². The van der Waals surface area contributed by atoms with Gasteiger partial charge in [0.15, 0.2) is 0 Å². The zero-order valence-corrected chi connectivity index (χ0v) is 11.1. The predicted octanol–water partition coefficient (Wildman–Crippen LogP) is 2.81. The molecular formula is C14H24N2. The highest BCUT2D eigenvalue weighted by Gasteiger charge is 2.19. The van der Waals surface area contributed by atoms with Crippen LogP contribution < -0.4 is 5.32 Å². The Morgan fingerprint density at radius 1 is 1.25 bits per heavy atom. The van der Waals surface area contributed by atoms with Crippen LogP contribution in [0.15, 0.2) is 18.3 Å². The number of hydrogen-bond acceptors (Lipinski definition) is 2. The maximum atomic E-state index is 4.47. The van der Waals surface area contributed by atoms with E-state index in [1.807, 2.05) is 13.2 Å². The third-order valence-electron chi connectivity index (χ3n) is 3.46. The van der Waals surface area contributed by atoms with Crippen LogP contribution in [0.4, 0.5) is 0 Å². The second-order valence-electron chi connectivity index (χ2n) is 5.03. The molecule has 1 N–H and O–H groups in total. The van der Waals surface area contributed by atoms with Crippen molar-refractivity contribution < 1.29 is 0 Å². The Balaban J connectivity index is 2.66. The van der Waals surface area contributed by atoms with Crippen LogP contribution in [-0.4, -0.2) is 18.1 Å². The Bertz CT molecular complexity index is 303. The van der Waals surface area contributed by atoms with Gasteiger partial charge in [-0.2, -0.15) is 0 Å². The Hall–Kier alpha value is -0.890. The lowest BCUT2D eigenvalue weighted by molar-refractivity contribution is 0.308. The number of hydrogen-bond donors (Lipinski definition) is 1. The summed E-state index contributed by atoms with van der Waals surface area (Å²) < 4.78 is 0. The average Bonchev–Trinajstić information content (AvgIpc) is 2.27. The molecule has 90 valence electrons. The van der Waals surface area contributed by atoms with Gasteiger partial charge in [0.25, 0.3) is 0 Å². The summed E-state index contributed by atoms with van der Waals surface area (Å²) in [5.74, 6) is 1.36. The quantitative estimate of drug-likeness (QED) is 0.825. The molecule has 16 heavy (non-hydrogen) atoms. The van der Waals surface area contributed by atoms with Crippen LogP contribution in [-0.2, 0) is 6.42 Å². The SMILES string of the molecule is CNC(Cc1ccc(C)cn1)C(C)C(C)C. The molecule has 0 bridgehead atoms. The number of rotatable bonds is 5. The van der Waals surface area contributed by atoms with Crippen LogP contribution in [0.25, 0.3) is 0 Å². The topological polar surface area (TPSA) is 24.9 Å². The van der Waals surface area contributed by atoms with Crippen molar-refractivity contribution in [1.29, 1.82) is 0 Å². The van der Waals surface area contributed by atoms with Crippen molar-refractivity contribution in [3.05, 3.63) is 29.6 Å². The fraction of sp³-hybridized carbons (Fsp3) is 0.643. The van der Waals surface area contributed by atoms with Gasteiger partial charge >= 0.3 is 0 Å². The molecule has 0 aromatic carbocycles. The van der Waals surface area contributed by atoms with Gasteiger partial charge in [-0.25, -0.2) is 0 Å². The molecule has 0 amide bonds. The summed E-state index contributed by atoms with van der Waals surface area (Å²) in [7, 11) is 2.04. The van der Waals surface area contributed by atoms with Crippen LogP contribution >= 0.6 is 0 Å². The van der Waals surface area contributed by atoms with Crippen molar-refractivity contribution in [1.82, 2.24) is 10.3 Å². The van der Waals surface area contributed by atoms with Crippen LogP contribution in [0.3, 0.4) is 0 Å².